The number of hydrogen-bond donors (Lipinski definition) is 2. The molecule has 134 valence electrons. The van der Waals surface area contributed by atoms with Gasteiger partial charge in [0.15, 0.2) is 0 Å². The van der Waals surface area contributed by atoms with Gasteiger partial charge in [-0.25, -0.2) is 8.42 Å². The fraction of sp³-hybridized carbons (Fsp3) is 0.188. The van der Waals surface area contributed by atoms with Crippen LogP contribution in [0.15, 0.2) is 47.4 Å². The summed E-state index contributed by atoms with van der Waals surface area (Å²) in [5.41, 5.74) is 0.580. The number of ether oxygens (including phenoxy) is 1. The number of rotatable bonds is 6. The van der Waals surface area contributed by atoms with Gasteiger partial charge in [0, 0.05) is 14.3 Å². The van der Waals surface area contributed by atoms with Gasteiger partial charge in [-0.15, -0.1) is 0 Å². The highest BCUT2D eigenvalue weighted by Crippen LogP contribution is 2.27. The monoisotopic (exact) mass is 494 g/mol. The van der Waals surface area contributed by atoms with E-state index in [1.807, 2.05) is 12.1 Å². The Morgan fingerprint density at radius 1 is 1.20 bits per heavy atom. The lowest BCUT2D eigenvalue weighted by Crippen LogP contribution is -2.41. The van der Waals surface area contributed by atoms with E-state index >= 15 is 0 Å². The van der Waals surface area contributed by atoms with Gasteiger partial charge in [-0.3, -0.25) is 4.79 Å². The Balaban J connectivity index is 2.15. The van der Waals surface area contributed by atoms with Crippen LogP contribution in [0.1, 0.15) is 6.92 Å². The maximum Gasteiger partial charge on any atom is 0.245 e. The van der Waals surface area contributed by atoms with E-state index in [9.17, 15) is 13.2 Å². The van der Waals surface area contributed by atoms with Crippen molar-refractivity contribution in [2.75, 3.05) is 12.4 Å². The van der Waals surface area contributed by atoms with Crippen LogP contribution >= 0.6 is 34.2 Å². The Kier molecular flexibility index (Phi) is 6.66. The zero-order valence-corrected chi connectivity index (χ0v) is 17.1. The Hall–Kier alpha value is -1.36. The van der Waals surface area contributed by atoms with Crippen LogP contribution in [0.3, 0.4) is 0 Å². The summed E-state index contributed by atoms with van der Waals surface area (Å²) < 4.78 is 33.5. The van der Waals surface area contributed by atoms with Crippen molar-refractivity contribution in [3.8, 4) is 5.75 Å². The molecule has 0 unspecified atom stereocenters. The number of carbonyl (C=O) groups excluding carboxylic acids is 1. The molecule has 0 heterocycles. The summed E-state index contributed by atoms with van der Waals surface area (Å²) in [6.45, 7) is 1.45. The maximum absolute atomic E-state index is 12.5. The SMILES string of the molecule is COc1ccc(Cl)cc1S(=O)(=O)N[C@@H](C)C(=O)Nc1ccc(I)cc1. The van der Waals surface area contributed by atoms with Crippen LogP contribution in [0.25, 0.3) is 0 Å². The van der Waals surface area contributed by atoms with Crippen molar-refractivity contribution >= 4 is 55.8 Å². The fourth-order valence-electron chi connectivity index (χ4n) is 1.99. The van der Waals surface area contributed by atoms with E-state index in [1.165, 1.54) is 32.2 Å². The van der Waals surface area contributed by atoms with Crippen LogP contribution in [0.5, 0.6) is 5.75 Å². The average molecular weight is 495 g/mol. The third-order valence-electron chi connectivity index (χ3n) is 3.25. The molecule has 0 aliphatic carbocycles. The number of amides is 1. The first-order valence-electron chi connectivity index (χ1n) is 7.15. The number of nitrogens with one attached hydrogen (secondary N) is 2. The Bertz CT molecular complexity index is 872. The Morgan fingerprint density at radius 2 is 1.84 bits per heavy atom. The van der Waals surface area contributed by atoms with Crippen molar-refractivity contribution in [1.82, 2.24) is 4.72 Å². The number of sulfonamides is 1. The summed E-state index contributed by atoms with van der Waals surface area (Å²) in [6.07, 6.45) is 0. The molecule has 9 heteroatoms. The van der Waals surface area contributed by atoms with E-state index in [4.69, 9.17) is 16.3 Å². The van der Waals surface area contributed by atoms with Gasteiger partial charge in [0.25, 0.3) is 0 Å². The lowest BCUT2D eigenvalue weighted by atomic mass is 10.3. The van der Waals surface area contributed by atoms with E-state index in [0.29, 0.717) is 5.69 Å². The van der Waals surface area contributed by atoms with Gasteiger partial charge in [0.05, 0.1) is 13.2 Å². The van der Waals surface area contributed by atoms with Crippen LogP contribution < -0.4 is 14.8 Å². The molecular weight excluding hydrogens is 479 g/mol. The van der Waals surface area contributed by atoms with Gasteiger partial charge >= 0.3 is 0 Å². The lowest BCUT2D eigenvalue weighted by Gasteiger charge is -2.16. The molecule has 0 aliphatic heterocycles. The molecule has 2 rings (SSSR count). The topological polar surface area (TPSA) is 84.5 Å². The fourth-order valence-corrected chi connectivity index (χ4v) is 3.99. The minimum Gasteiger partial charge on any atom is -0.495 e. The van der Waals surface area contributed by atoms with E-state index in [0.717, 1.165) is 3.57 Å². The van der Waals surface area contributed by atoms with Crippen LogP contribution in [0.2, 0.25) is 5.02 Å². The number of halogens is 2. The summed E-state index contributed by atoms with van der Waals surface area (Å²) in [5.74, 6) is -0.340. The highest BCUT2D eigenvalue weighted by atomic mass is 127. The van der Waals surface area contributed by atoms with Crippen molar-refractivity contribution < 1.29 is 17.9 Å². The first kappa shape index (κ1) is 20.0. The molecule has 0 radical (unpaired) electrons. The molecule has 2 aromatic carbocycles. The summed E-state index contributed by atoms with van der Waals surface area (Å²) in [7, 11) is -2.63. The standard InChI is InChI=1S/C16H16ClIN2O4S/c1-10(16(21)19-13-6-4-12(18)5-7-13)20-25(22,23)15-9-11(17)3-8-14(15)24-2/h3-10,20H,1-2H3,(H,19,21)/t10-/m0/s1. The lowest BCUT2D eigenvalue weighted by molar-refractivity contribution is -0.117. The predicted molar refractivity (Wildman–Crippen MR) is 106 cm³/mol. The molecule has 0 aromatic heterocycles. The van der Waals surface area contributed by atoms with Crippen molar-refractivity contribution in [2.45, 2.75) is 17.9 Å². The molecule has 1 atom stereocenters. The molecule has 0 saturated carbocycles. The summed E-state index contributed by atoms with van der Waals surface area (Å²) in [5, 5.41) is 2.90. The molecule has 0 fully saturated rings. The van der Waals surface area contributed by atoms with Crippen molar-refractivity contribution in [3.63, 3.8) is 0 Å². The van der Waals surface area contributed by atoms with Gasteiger partial charge in [0.1, 0.15) is 10.6 Å². The largest absolute Gasteiger partial charge is 0.495 e. The Labute approximate surface area is 165 Å². The molecular formula is C16H16ClIN2O4S. The second kappa shape index (κ2) is 8.35. The first-order chi connectivity index (χ1) is 11.7. The zero-order chi connectivity index (χ0) is 18.6. The van der Waals surface area contributed by atoms with Gasteiger partial charge in [-0.1, -0.05) is 11.6 Å². The number of methoxy groups -OCH3 is 1. The van der Waals surface area contributed by atoms with Crippen LogP contribution in [0, 0.1) is 3.57 Å². The van der Waals surface area contributed by atoms with Crippen molar-refractivity contribution in [1.29, 1.82) is 0 Å². The third-order valence-corrected chi connectivity index (χ3v) is 5.77. The second-order valence-electron chi connectivity index (χ2n) is 5.13. The Morgan fingerprint density at radius 3 is 2.44 bits per heavy atom. The summed E-state index contributed by atoms with van der Waals surface area (Å²) >= 11 is 8.02. The first-order valence-corrected chi connectivity index (χ1v) is 10.1. The van der Waals surface area contributed by atoms with Crippen LogP contribution in [-0.4, -0.2) is 27.5 Å². The molecule has 2 N–H and O–H groups in total. The third kappa shape index (κ3) is 5.30. The van der Waals surface area contributed by atoms with E-state index in [2.05, 4.69) is 32.6 Å². The van der Waals surface area contributed by atoms with Gasteiger partial charge in [-0.05, 0) is 72.0 Å². The maximum atomic E-state index is 12.5. The molecule has 1 amide bonds. The number of hydrogen-bond acceptors (Lipinski definition) is 4. The number of anilines is 1. The minimum atomic E-state index is -3.99. The van der Waals surface area contributed by atoms with E-state index < -0.39 is 22.0 Å². The molecule has 2 aromatic rings. The van der Waals surface area contributed by atoms with Crippen LogP contribution in [-0.2, 0) is 14.8 Å². The summed E-state index contributed by atoms with van der Waals surface area (Å²) in [4.78, 5) is 12.1. The summed E-state index contributed by atoms with van der Waals surface area (Å²) in [6, 6.07) is 10.4. The normalized spacial score (nSPS) is 12.5. The van der Waals surface area contributed by atoms with E-state index in [-0.39, 0.29) is 15.7 Å². The van der Waals surface area contributed by atoms with Crippen molar-refractivity contribution in [2.24, 2.45) is 0 Å². The predicted octanol–water partition coefficient (Wildman–Crippen LogP) is 3.26. The molecule has 0 bridgehead atoms. The number of carbonyl (C=O) groups is 1. The molecule has 25 heavy (non-hydrogen) atoms. The van der Waals surface area contributed by atoms with Crippen molar-refractivity contribution in [3.05, 3.63) is 51.1 Å². The van der Waals surface area contributed by atoms with Gasteiger partial charge < -0.3 is 10.1 Å². The highest BCUT2D eigenvalue weighted by molar-refractivity contribution is 14.1. The molecule has 0 spiro atoms. The van der Waals surface area contributed by atoms with Gasteiger partial charge in [0.2, 0.25) is 15.9 Å². The molecule has 0 saturated heterocycles. The quantitative estimate of drug-likeness (QED) is 0.604. The van der Waals surface area contributed by atoms with Crippen LogP contribution in [0.4, 0.5) is 5.69 Å². The smallest absolute Gasteiger partial charge is 0.245 e. The number of benzene rings is 2. The second-order valence-corrected chi connectivity index (χ2v) is 8.50. The van der Waals surface area contributed by atoms with Gasteiger partial charge in [-0.2, -0.15) is 4.72 Å². The minimum absolute atomic E-state index is 0.128. The molecule has 6 nitrogen and oxygen atoms in total. The average Bonchev–Trinajstić information content (AvgIpc) is 2.56. The zero-order valence-electron chi connectivity index (χ0n) is 13.4. The molecule has 0 aliphatic rings. The highest BCUT2D eigenvalue weighted by Gasteiger charge is 2.25. The van der Waals surface area contributed by atoms with E-state index in [1.54, 1.807) is 12.1 Å².